The topological polar surface area (TPSA) is 102 Å². The predicted molar refractivity (Wildman–Crippen MR) is 134 cm³/mol. The Kier molecular flexibility index (Phi) is 5.95. The van der Waals surface area contributed by atoms with Gasteiger partial charge >= 0.3 is 0 Å². The van der Waals surface area contributed by atoms with Gasteiger partial charge in [-0.15, -0.1) is 0 Å². The summed E-state index contributed by atoms with van der Waals surface area (Å²) < 4.78 is 16.8. The van der Waals surface area contributed by atoms with E-state index in [-0.39, 0.29) is 5.57 Å². The van der Waals surface area contributed by atoms with Crippen molar-refractivity contribution in [2.45, 2.75) is 6.23 Å². The molecule has 35 heavy (non-hydrogen) atoms. The van der Waals surface area contributed by atoms with Crippen LogP contribution >= 0.6 is 0 Å². The number of pyridine rings is 1. The highest BCUT2D eigenvalue weighted by atomic mass is 16.5. The van der Waals surface area contributed by atoms with Gasteiger partial charge < -0.3 is 30.0 Å². The Morgan fingerprint density at radius 1 is 0.971 bits per heavy atom. The van der Waals surface area contributed by atoms with Crippen molar-refractivity contribution < 1.29 is 24.1 Å². The van der Waals surface area contributed by atoms with E-state index in [1.54, 1.807) is 62.9 Å². The molecule has 8 heteroatoms. The van der Waals surface area contributed by atoms with Crippen LogP contribution in [-0.4, -0.2) is 36.4 Å². The van der Waals surface area contributed by atoms with Crippen LogP contribution in [0, 0.1) is 0 Å². The summed E-state index contributed by atoms with van der Waals surface area (Å²) in [6, 6.07) is 19.8. The number of hydrogen-bond acceptors (Lipinski definition) is 7. The van der Waals surface area contributed by atoms with Crippen molar-refractivity contribution in [2.75, 3.05) is 24.9 Å². The molecule has 1 aliphatic heterocycles. The lowest BCUT2D eigenvalue weighted by Crippen LogP contribution is -2.32. The van der Waals surface area contributed by atoms with E-state index in [9.17, 15) is 9.90 Å². The van der Waals surface area contributed by atoms with Crippen LogP contribution in [0.25, 0.3) is 17.0 Å². The number of nitrogens with zero attached hydrogens (tertiary/aromatic N) is 1. The number of ether oxygens (including phenoxy) is 3. The predicted octanol–water partition coefficient (Wildman–Crippen LogP) is 4.81. The maximum atomic E-state index is 12.8. The van der Waals surface area contributed by atoms with Crippen molar-refractivity contribution in [2.24, 2.45) is 0 Å². The summed E-state index contributed by atoms with van der Waals surface area (Å²) in [5.41, 5.74) is 3.12. The summed E-state index contributed by atoms with van der Waals surface area (Å²) in [4.78, 5) is 17.2. The van der Waals surface area contributed by atoms with Gasteiger partial charge in [-0.2, -0.15) is 0 Å². The van der Waals surface area contributed by atoms with E-state index in [2.05, 4.69) is 15.6 Å². The number of carbonyl (C=O) groups excluding carboxylic acids is 1. The number of benzene rings is 3. The number of anilines is 2. The standard InChI is InChI=1S/C27H23N3O5/c1-33-24-14-19-22(15-25(24)34-2)28-12-11-23(19)35-18-9-7-17(8-10-18)29-26(31)20-13-16-5-3-4-6-21(16)30-27(20)32/h3-15,27,30,32H,1-2H3,(H,29,31). The summed E-state index contributed by atoms with van der Waals surface area (Å²) in [6.45, 7) is 0. The number of aliphatic hydroxyl groups excluding tert-OH is 1. The molecule has 1 unspecified atom stereocenters. The van der Waals surface area contributed by atoms with Gasteiger partial charge in [0.15, 0.2) is 17.7 Å². The van der Waals surface area contributed by atoms with Crippen molar-refractivity contribution in [1.82, 2.24) is 4.98 Å². The molecule has 3 aromatic carbocycles. The van der Waals surface area contributed by atoms with E-state index < -0.39 is 12.1 Å². The van der Waals surface area contributed by atoms with E-state index in [4.69, 9.17) is 14.2 Å². The summed E-state index contributed by atoms with van der Waals surface area (Å²) in [5.74, 6) is 1.95. The van der Waals surface area contributed by atoms with Gasteiger partial charge in [0.1, 0.15) is 11.5 Å². The Bertz CT molecular complexity index is 1430. The van der Waals surface area contributed by atoms with Crippen LogP contribution in [0.4, 0.5) is 11.4 Å². The summed E-state index contributed by atoms with van der Waals surface area (Å²) in [5, 5.41) is 16.9. The molecule has 0 fully saturated rings. The Morgan fingerprint density at radius 3 is 2.49 bits per heavy atom. The minimum atomic E-state index is -1.09. The number of aliphatic hydroxyl groups is 1. The van der Waals surface area contributed by atoms with Gasteiger partial charge in [-0.3, -0.25) is 9.78 Å². The minimum Gasteiger partial charge on any atom is -0.493 e. The van der Waals surface area contributed by atoms with Crippen LogP contribution in [0.3, 0.4) is 0 Å². The Labute approximate surface area is 201 Å². The molecule has 8 nitrogen and oxygen atoms in total. The average Bonchev–Trinajstić information content (AvgIpc) is 2.88. The van der Waals surface area contributed by atoms with E-state index in [1.165, 1.54) is 0 Å². The van der Waals surface area contributed by atoms with Crippen LogP contribution in [-0.2, 0) is 4.79 Å². The van der Waals surface area contributed by atoms with Gasteiger partial charge in [0.05, 0.1) is 25.3 Å². The number of nitrogens with one attached hydrogen (secondary N) is 2. The molecule has 2 heterocycles. The number of amides is 1. The van der Waals surface area contributed by atoms with Crippen molar-refractivity contribution in [3.8, 4) is 23.0 Å². The van der Waals surface area contributed by atoms with E-state index in [1.807, 2.05) is 30.3 Å². The fourth-order valence-corrected chi connectivity index (χ4v) is 3.89. The molecule has 176 valence electrons. The van der Waals surface area contributed by atoms with Crippen molar-refractivity contribution in [3.05, 3.63) is 84.1 Å². The third kappa shape index (κ3) is 4.47. The first-order chi connectivity index (χ1) is 17.1. The van der Waals surface area contributed by atoms with E-state index >= 15 is 0 Å². The summed E-state index contributed by atoms with van der Waals surface area (Å²) in [6.07, 6.45) is 2.25. The SMILES string of the molecule is COc1cc2nccc(Oc3ccc(NC(=O)C4=Cc5ccccc5NC4O)cc3)c2cc1OC. The fraction of sp³-hybridized carbons (Fsp3) is 0.111. The minimum absolute atomic E-state index is 0.233. The zero-order chi connectivity index (χ0) is 24.4. The fourth-order valence-electron chi connectivity index (χ4n) is 3.89. The number of methoxy groups -OCH3 is 2. The quantitative estimate of drug-likeness (QED) is 0.372. The van der Waals surface area contributed by atoms with Crippen molar-refractivity contribution >= 4 is 34.3 Å². The second-order valence-electron chi connectivity index (χ2n) is 7.85. The summed E-state index contributed by atoms with van der Waals surface area (Å²) >= 11 is 0. The highest BCUT2D eigenvalue weighted by molar-refractivity contribution is 6.09. The molecule has 1 amide bonds. The number of carbonyl (C=O) groups is 1. The van der Waals surface area contributed by atoms with E-state index in [0.29, 0.717) is 34.2 Å². The number of aromatic nitrogens is 1. The first-order valence-corrected chi connectivity index (χ1v) is 10.9. The highest BCUT2D eigenvalue weighted by Gasteiger charge is 2.23. The number of fused-ring (bicyclic) bond motifs is 2. The van der Waals surface area contributed by atoms with Crippen LogP contribution in [0.15, 0.2) is 78.5 Å². The maximum absolute atomic E-state index is 12.8. The second kappa shape index (κ2) is 9.36. The molecule has 1 aliphatic rings. The molecule has 0 saturated heterocycles. The Hall–Kier alpha value is -4.56. The smallest absolute Gasteiger partial charge is 0.256 e. The van der Waals surface area contributed by atoms with Gasteiger partial charge in [-0.1, -0.05) is 18.2 Å². The molecular weight excluding hydrogens is 446 g/mol. The molecule has 3 N–H and O–H groups in total. The zero-order valence-corrected chi connectivity index (χ0v) is 19.1. The number of hydrogen-bond donors (Lipinski definition) is 3. The van der Waals surface area contributed by atoms with Gasteiger partial charge in [0, 0.05) is 29.0 Å². The molecule has 0 radical (unpaired) electrons. The first kappa shape index (κ1) is 22.2. The molecule has 0 saturated carbocycles. The lowest BCUT2D eigenvalue weighted by Gasteiger charge is -2.23. The number of rotatable bonds is 6. The Balaban J connectivity index is 1.33. The maximum Gasteiger partial charge on any atom is 0.256 e. The zero-order valence-electron chi connectivity index (χ0n) is 19.1. The van der Waals surface area contributed by atoms with Crippen LogP contribution in [0.2, 0.25) is 0 Å². The van der Waals surface area contributed by atoms with Gasteiger partial charge in [0.2, 0.25) is 0 Å². The first-order valence-electron chi connectivity index (χ1n) is 10.9. The average molecular weight is 469 g/mol. The lowest BCUT2D eigenvalue weighted by atomic mass is 10.0. The Morgan fingerprint density at radius 2 is 1.71 bits per heavy atom. The van der Waals surface area contributed by atoms with Gasteiger partial charge in [-0.05, 0) is 54.1 Å². The molecule has 4 aromatic rings. The third-order valence-electron chi connectivity index (χ3n) is 5.67. The largest absolute Gasteiger partial charge is 0.493 e. The van der Waals surface area contributed by atoms with Crippen LogP contribution in [0.1, 0.15) is 5.56 Å². The molecule has 1 aromatic heterocycles. The summed E-state index contributed by atoms with van der Waals surface area (Å²) in [7, 11) is 3.15. The van der Waals surface area contributed by atoms with Gasteiger partial charge in [0.25, 0.3) is 5.91 Å². The molecular formula is C27H23N3O5. The molecule has 0 aliphatic carbocycles. The van der Waals surface area contributed by atoms with Crippen molar-refractivity contribution in [1.29, 1.82) is 0 Å². The molecule has 1 atom stereocenters. The monoisotopic (exact) mass is 469 g/mol. The molecule has 0 spiro atoms. The van der Waals surface area contributed by atoms with E-state index in [0.717, 1.165) is 16.6 Å². The normalized spacial score (nSPS) is 14.4. The van der Waals surface area contributed by atoms with Gasteiger partial charge in [-0.25, -0.2) is 0 Å². The highest BCUT2D eigenvalue weighted by Crippen LogP contribution is 2.37. The second-order valence-corrected chi connectivity index (χ2v) is 7.85. The molecule has 0 bridgehead atoms. The van der Waals surface area contributed by atoms with Crippen LogP contribution in [0.5, 0.6) is 23.0 Å². The lowest BCUT2D eigenvalue weighted by molar-refractivity contribution is -0.113. The third-order valence-corrected chi connectivity index (χ3v) is 5.67. The number of para-hydroxylation sites is 1. The van der Waals surface area contributed by atoms with Crippen LogP contribution < -0.4 is 24.8 Å². The molecule has 5 rings (SSSR count). The van der Waals surface area contributed by atoms with Crippen molar-refractivity contribution in [3.63, 3.8) is 0 Å².